The van der Waals surface area contributed by atoms with Gasteiger partial charge in [0.05, 0.1) is 11.4 Å². The van der Waals surface area contributed by atoms with E-state index in [-0.39, 0.29) is 24.1 Å². The molecule has 9 heteroatoms. The number of carbonyl (C=O) groups excluding carboxylic acids is 1. The molecule has 21 heavy (non-hydrogen) atoms. The fraction of sp³-hybridized carbons (Fsp3) is 0.417. The van der Waals surface area contributed by atoms with Gasteiger partial charge in [0.1, 0.15) is 6.54 Å². The van der Waals surface area contributed by atoms with Crippen molar-refractivity contribution in [1.82, 2.24) is 20.0 Å². The van der Waals surface area contributed by atoms with Crippen molar-refractivity contribution < 1.29 is 14.7 Å². The lowest BCUT2D eigenvalue weighted by Gasteiger charge is -2.05. The summed E-state index contributed by atoms with van der Waals surface area (Å²) in [7, 11) is 0. The largest absolute Gasteiger partial charge is 0.476 e. The fourth-order valence-electron chi connectivity index (χ4n) is 2.06. The average molecular weight is 307 g/mol. The molecule has 1 aliphatic rings. The van der Waals surface area contributed by atoms with Gasteiger partial charge < -0.3 is 10.4 Å². The number of amides is 1. The SMILES string of the molecule is Cc1csc(NC(=O)Cn2nnc(C(=O)O)c2C2CC2)n1. The van der Waals surface area contributed by atoms with Gasteiger partial charge in [0.15, 0.2) is 10.8 Å². The van der Waals surface area contributed by atoms with Gasteiger partial charge in [-0.1, -0.05) is 5.21 Å². The fourth-order valence-corrected chi connectivity index (χ4v) is 2.76. The highest BCUT2D eigenvalue weighted by Crippen LogP contribution is 2.41. The van der Waals surface area contributed by atoms with E-state index in [2.05, 4.69) is 20.6 Å². The van der Waals surface area contributed by atoms with Crippen molar-refractivity contribution >= 4 is 28.3 Å². The maximum absolute atomic E-state index is 12.0. The van der Waals surface area contributed by atoms with E-state index in [0.29, 0.717) is 10.8 Å². The summed E-state index contributed by atoms with van der Waals surface area (Å²) in [6.45, 7) is 1.78. The molecule has 1 saturated carbocycles. The molecule has 0 spiro atoms. The van der Waals surface area contributed by atoms with Crippen LogP contribution in [-0.4, -0.2) is 37.0 Å². The molecule has 1 aliphatic carbocycles. The van der Waals surface area contributed by atoms with Crippen LogP contribution >= 0.6 is 11.3 Å². The topological polar surface area (TPSA) is 110 Å². The van der Waals surface area contributed by atoms with E-state index in [4.69, 9.17) is 5.11 Å². The van der Waals surface area contributed by atoms with Gasteiger partial charge in [0.2, 0.25) is 5.91 Å². The molecule has 0 bridgehead atoms. The second-order valence-corrected chi connectivity index (χ2v) is 5.76. The molecule has 1 amide bonds. The number of nitrogens with one attached hydrogen (secondary N) is 1. The van der Waals surface area contributed by atoms with Gasteiger partial charge in [-0.05, 0) is 19.8 Å². The molecule has 2 aromatic rings. The van der Waals surface area contributed by atoms with Crippen molar-refractivity contribution in [2.75, 3.05) is 5.32 Å². The van der Waals surface area contributed by atoms with Crippen molar-refractivity contribution in [3.8, 4) is 0 Å². The second-order valence-electron chi connectivity index (χ2n) is 4.90. The lowest BCUT2D eigenvalue weighted by molar-refractivity contribution is -0.117. The monoisotopic (exact) mass is 307 g/mol. The number of carboxylic acid groups (broad SMARTS) is 1. The number of anilines is 1. The standard InChI is InChI=1S/C12H13N5O3S/c1-6-5-21-12(13-6)14-8(18)4-17-10(7-2-3-7)9(11(19)20)15-16-17/h5,7H,2-4H2,1H3,(H,19,20)(H,13,14,18). The lowest BCUT2D eigenvalue weighted by Crippen LogP contribution is -2.21. The summed E-state index contributed by atoms with van der Waals surface area (Å²) in [5, 5.41) is 21.6. The minimum absolute atomic E-state index is 0.0598. The first-order chi connectivity index (χ1) is 10.0. The van der Waals surface area contributed by atoms with Crippen LogP contribution in [0.3, 0.4) is 0 Å². The zero-order valence-electron chi connectivity index (χ0n) is 11.2. The van der Waals surface area contributed by atoms with Crippen LogP contribution in [0.15, 0.2) is 5.38 Å². The minimum atomic E-state index is -1.11. The average Bonchev–Trinajstić information content (AvgIpc) is 3.04. The first kappa shape index (κ1) is 13.7. The molecule has 0 radical (unpaired) electrons. The maximum atomic E-state index is 12.0. The number of aryl methyl sites for hydroxylation is 1. The van der Waals surface area contributed by atoms with Crippen LogP contribution in [-0.2, 0) is 11.3 Å². The third-order valence-corrected chi connectivity index (χ3v) is 3.97. The molecule has 0 unspecified atom stereocenters. The van der Waals surface area contributed by atoms with Crippen LogP contribution in [0.4, 0.5) is 5.13 Å². The molecule has 2 aromatic heterocycles. The van der Waals surface area contributed by atoms with Crippen LogP contribution in [0.2, 0.25) is 0 Å². The van der Waals surface area contributed by atoms with Gasteiger partial charge in [-0.3, -0.25) is 4.79 Å². The van der Waals surface area contributed by atoms with Crippen molar-refractivity contribution in [2.24, 2.45) is 0 Å². The van der Waals surface area contributed by atoms with E-state index in [1.807, 2.05) is 12.3 Å². The Bertz CT molecular complexity index is 704. The number of hydrogen-bond donors (Lipinski definition) is 2. The van der Waals surface area contributed by atoms with E-state index in [1.54, 1.807) is 0 Å². The zero-order valence-corrected chi connectivity index (χ0v) is 12.1. The molecule has 0 saturated heterocycles. The molecule has 3 rings (SSSR count). The van der Waals surface area contributed by atoms with Crippen LogP contribution < -0.4 is 5.32 Å². The summed E-state index contributed by atoms with van der Waals surface area (Å²) < 4.78 is 1.37. The van der Waals surface area contributed by atoms with Crippen LogP contribution in [0.5, 0.6) is 0 Å². The normalized spacial score (nSPS) is 14.1. The molecule has 0 aliphatic heterocycles. The van der Waals surface area contributed by atoms with Gasteiger partial charge >= 0.3 is 5.97 Å². The molecule has 110 valence electrons. The number of carbonyl (C=O) groups is 2. The first-order valence-electron chi connectivity index (χ1n) is 6.43. The Labute approximate surface area is 123 Å². The Hall–Kier alpha value is -2.29. The van der Waals surface area contributed by atoms with E-state index in [9.17, 15) is 9.59 Å². The quantitative estimate of drug-likeness (QED) is 0.860. The highest BCUT2D eigenvalue weighted by atomic mass is 32.1. The molecule has 2 N–H and O–H groups in total. The van der Waals surface area contributed by atoms with E-state index in [1.165, 1.54) is 16.0 Å². The number of hydrogen-bond acceptors (Lipinski definition) is 6. The van der Waals surface area contributed by atoms with Crippen molar-refractivity contribution in [1.29, 1.82) is 0 Å². The number of thiazole rings is 1. The Balaban J connectivity index is 1.75. The Morgan fingerprint density at radius 3 is 2.86 bits per heavy atom. The van der Waals surface area contributed by atoms with Gasteiger partial charge in [0, 0.05) is 11.3 Å². The Kier molecular flexibility index (Phi) is 3.42. The summed E-state index contributed by atoms with van der Waals surface area (Å²) in [5.41, 5.74) is 1.31. The third-order valence-electron chi connectivity index (χ3n) is 3.10. The molecule has 0 aromatic carbocycles. The van der Waals surface area contributed by atoms with Gasteiger partial charge in [-0.15, -0.1) is 16.4 Å². The highest BCUT2D eigenvalue weighted by molar-refractivity contribution is 7.13. The molecular formula is C12H13N5O3S. The van der Waals surface area contributed by atoms with Crippen molar-refractivity contribution in [3.05, 3.63) is 22.5 Å². The van der Waals surface area contributed by atoms with Crippen LogP contribution in [0, 0.1) is 6.92 Å². The van der Waals surface area contributed by atoms with Crippen molar-refractivity contribution in [3.63, 3.8) is 0 Å². The van der Waals surface area contributed by atoms with Gasteiger partial charge in [-0.2, -0.15) is 0 Å². The predicted molar refractivity (Wildman–Crippen MR) is 74.4 cm³/mol. The van der Waals surface area contributed by atoms with Crippen LogP contribution in [0.1, 0.15) is 40.6 Å². The van der Waals surface area contributed by atoms with Gasteiger partial charge in [0.25, 0.3) is 0 Å². The first-order valence-corrected chi connectivity index (χ1v) is 7.31. The molecule has 2 heterocycles. The van der Waals surface area contributed by atoms with E-state index < -0.39 is 5.97 Å². The molecular weight excluding hydrogens is 294 g/mol. The number of nitrogens with zero attached hydrogens (tertiary/aromatic N) is 4. The molecule has 0 atom stereocenters. The summed E-state index contributed by atoms with van der Waals surface area (Å²) in [6.07, 6.45) is 1.81. The summed E-state index contributed by atoms with van der Waals surface area (Å²) in [5.74, 6) is -1.27. The van der Waals surface area contributed by atoms with Gasteiger partial charge in [-0.25, -0.2) is 14.5 Å². The second kappa shape index (κ2) is 5.24. The zero-order chi connectivity index (χ0) is 15.0. The number of aromatic carboxylic acids is 1. The Morgan fingerprint density at radius 1 is 1.52 bits per heavy atom. The number of aromatic nitrogens is 4. The number of carboxylic acids is 1. The van der Waals surface area contributed by atoms with Crippen LogP contribution in [0.25, 0.3) is 0 Å². The number of rotatable bonds is 5. The van der Waals surface area contributed by atoms with E-state index >= 15 is 0 Å². The summed E-state index contributed by atoms with van der Waals surface area (Å²) in [6, 6.07) is 0. The minimum Gasteiger partial charge on any atom is -0.476 e. The third kappa shape index (κ3) is 2.92. The molecule has 1 fully saturated rings. The predicted octanol–water partition coefficient (Wildman–Crippen LogP) is 1.26. The smallest absolute Gasteiger partial charge is 0.358 e. The lowest BCUT2D eigenvalue weighted by atomic mass is 10.2. The van der Waals surface area contributed by atoms with E-state index in [0.717, 1.165) is 18.5 Å². The highest BCUT2D eigenvalue weighted by Gasteiger charge is 2.34. The molecule has 8 nitrogen and oxygen atoms in total. The maximum Gasteiger partial charge on any atom is 0.358 e. The summed E-state index contributed by atoms with van der Waals surface area (Å²) >= 11 is 1.34. The van der Waals surface area contributed by atoms with Crippen molar-refractivity contribution in [2.45, 2.75) is 32.2 Å². The Morgan fingerprint density at radius 2 is 2.29 bits per heavy atom. The summed E-state index contributed by atoms with van der Waals surface area (Å²) in [4.78, 5) is 27.2.